The molecule has 6 nitrogen and oxygen atoms in total. The average molecular weight is 419 g/mol. The maximum Gasteiger partial charge on any atom is 0.279 e. The van der Waals surface area contributed by atoms with Gasteiger partial charge < -0.3 is 20.0 Å². The molecule has 0 aromatic heterocycles. The second-order valence-electron chi connectivity index (χ2n) is 9.34. The molecule has 0 bridgehead atoms. The van der Waals surface area contributed by atoms with Gasteiger partial charge in [-0.1, -0.05) is 18.9 Å². The van der Waals surface area contributed by atoms with Crippen LogP contribution in [0.4, 0.5) is 10.1 Å². The molecule has 3 aliphatic rings. The number of anilines is 1. The summed E-state index contributed by atoms with van der Waals surface area (Å²) in [4.78, 5) is 29.7. The number of nitrogens with one attached hydrogen (secondary N) is 3. The third-order valence-electron chi connectivity index (χ3n) is 7.23. The molecular formula is C23H35FN4O2+2. The number of amides is 2. The summed E-state index contributed by atoms with van der Waals surface area (Å²) < 4.78 is 13.2. The lowest BCUT2D eigenvalue weighted by Crippen LogP contribution is -3.16. The van der Waals surface area contributed by atoms with Crippen LogP contribution in [-0.4, -0.2) is 69.1 Å². The van der Waals surface area contributed by atoms with Crippen LogP contribution in [0.15, 0.2) is 24.3 Å². The fourth-order valence-corrected chi connectivity index (χ4v) is 5.53. The Morgan fingerprint density at radius 1 is 1.00 bits per heavy atom. The van der Waals surface area contributed by atoms with E-state index >= 15 is 0 Å². The lowest BCUT2D eigenvalue weighted by molar-refractivity contribution is -0.904. The minimum Gasteiger partial charge on any atom is -0.327 e. The van der Waals surface area contributed by atoms with Gasteiger partial charge in [0.2, 0.25) is 0 Å². The second kappa shape index (κ2) is 9.88. The zero-order chi connectivity index (χ0) is 20.9. The van der Waals surface area contributed by atoms with Crippen molar-refractivity contribution in [2.45, 2.75) is 32.1 Å². The zero-order valence-electron chi connectivity index (χ0n) is 17.8. The zero-order valence-corrected chi connectivity index (χ0v) is 17.8. The third-order valence-corrected chi connectivity index (χ3v) is 7.23. The minimum atomic E-state index is -0.359. The number of halogens is 1. The number of nitrogens with zero attached hydrogens (tertiary/aromatic N) is 1. The predicted molar refractivity (Wildman–Crippen MR) is 113 cm³/mol. The molecule has 2 heterocycles. The standard InChI is InChI=1S/C23H33FN4O2/c24-20-6-3-7-21(14-20)25-22(29)16-26-10-12-28(13-11-26)23(30)17-27-9-8-18-4-1-2-5-19(18)15-27/h3,6-7,14,18-19H,1-2,4-5,8-13,15-17H2,(H,25,29)/p+2/t18-,19-/m1/s1. The highest BCUT2D eigenvalue weighted by atomic mass is 19.1. The van der Waals surface area contributed by atoms with E-state index in [2.05, 4.69) is 5.32 Å². The van der Waals surface area contributed by atoms with Crippen LogP contribution in [0.25, 0.3) is 0 Å². The molecule has 2 aliphatic heterocycles. The smallest absolute Gasteiger partial charge is 0.279 e. The Hall–Kier alpha value is -1.99. The molecule has 1 aliphatic carbocycles. The summed E-state index contributed by atoms with van der Waals surface area (Å²) in [6.07, 6.45) is 6.78. The van der Waals surface area contributed by atoms with Gasteiger partial charge >= 0.3 is 0 Å². The molecular weight excluding hydrogens is 383 g/mol. The van der Waals surface area contributed by atoms with Crippen LogP contribution in [0.3, 0.4) is 0 Å². The minimum absolute atomic E-state index is 0.116. The Balaban J connectivity index is 1.18. The van der Waals surface area contributed by atoms with Crippen molar-refractivity contribution in [1.29, 1.82) is 0 Å². The van der Waals surface area contributed by atoms with E-state index in [1.54, 1.807) is 12.1 Å². The summed E-state index contributed by atoms with van der Waals surface area (Å²) in [7, 11) is 0. The molecule has 1 aromatic carbocycles. The van der Waals surface area contributed by atoms with Crippen molar-refractivity contribution in [3.8, 4) is 0 Å². The van der Waals surface area contributed by atoms with E-state index in [-0.39, 0.29) is 17.6 Å². The van der Waals surface area contributed by atoms with E-state index in [9.17, 15) is 14.0 Å². The van der Waals surface area contributed by atoms with E-state index in [1.807, 2.05) is 4.90 Å². The van der Waals surface area contributed by atoms with E-state index in [0.717, 1.165) is 31.5 Å². The van der Waals surface area contributed by atoms with Gasteiger partial charge in [-0.2, -0.15) is 0 Å². The summed E-state index contributed by atoms with van der Waals surface area (Å²) in [6.45, 7) is 6.25. The first-order chi connectivity index (χ1) is 14.6. The SMILES string of the molecule is O=C(C[NH+]1CCN(C(=O)C[NH+]2CC[C@H]3CCCC[C@@H]3C2)CC1)Nc1cccc(F)c1. The molecule has 30 heavy (non-hydrogen) atoms. The number of carbonyl (C=O) groups excluding carboxylic acids is 2. The molecule has 0 radical (unpaired) electrons. The lowest BCUT2D eigenvalue weighted by Gasteiger charge is -2.39. The van der Waals surface area contributed by atoms with Crippen LogP contribution in [0, 0.1) is 17.7 Å². The first-order valence-corrected chi connectivity index (χ1v) is 11.6. The third kappa shape index (κ3) is 5.58. The fourth-order valence-electron chi connectivity index (χ4n) is 5.53. The van der Waals surface area contributed by atoms with Gasteiger partial charge in [-0.05, 0) is 43.4 Å². The number of piperidine rings is 1. The van der Waals surface area contributed by atoms with Gasteiger partial charge in [0, 0.05) is 11.6 Å². The predicted octanol–water partition coefficient (Wildman–Crippen LogP) is -0.414. The number of fused-ring (bicyclic) bond motifs is 1. The largest absolute Gasteiger partial charge is 0.327 e. The number of benzene rings is 1. The first kappa shape index (κ1) is 21.2. The Labute approximate surface area is 178 Å². The van der Waals surface area contributed by atoms with Crippen molar-refractivity contribution in [3.05, 3.63) is 30.1 Å². The molecule has 0 spiro atoms. The van der Waals surface area contributed by atoms with Crippen LogP contribution in [0.1, 0.15) is 32.1 Å². The topological polar surface area (TPSA) is 58.3 Å². The molecule has 1 saturated carbocycles. The quantitative estimate of drug-likeness (QED) is 0.609. The Bertz CT molecular complexity index is 750. The van der Waals surface area contributed by atoms with Crippen LogP contribution >= 0.6 is 0 Å². The number of hydrogen-bond acceptors (Lipinski definition) is 2. The van der Waals surface area contributed by atoms with Crippen molar-refractivity contribution in [1.82, 2.24) is 4.90 Å². The highest BCUT2D eigenvalue weighted by Crippen LogP contribution is 2.32. The van der Waals surface area contributed by atoms with Gasteiger partial charge in [0.1, 0.15) is 5.82 Å². The van der Waals surface area contributed by atoms with Crippen LogP contribution in [-0.2, 0) is 9.59 Å². The van der Waals surface area contributed by atoms with E-state index in [0.29, 0.717) is 31.9 Å². The second-order valence-corrected chi connectivity index (χ2v) is 9.34. The number of rotatable bonds is 5. The molecule has 1 aromatic rings. The Morgan fingerprint density at radius 3 is 2.53 bits per heavy atom. The number of carbonyl (C=O) groups is 2. The van der Waals surface area contributed by atoms with Crippen LogP contribution < -0.4 is 15.1 Å². The van der Waals surface area contributed by atoms with E-state index in [1.165, 1.54) is 60.6 Å². The van der Waals surface area contributed by atoms with E-state index in [4.69, 9.17) is 0 Å². The van der Waals surface area contributed by atoms with Crippen molar-refractivity contribution in [2.24, 2.45) is 11.8 Å². The van der Waals surface area contributed by atoms with Gasteiger partial charge in [-0.15, -0.1) is 0 Å². The Kier molecular flexibility index (Phi) is 7.00. The average Bonchev–Trinajstić information content (AvgIpc) is 2.74. The highest BCUT2D eigenvalue weighted by Gasteiger charge is 2.35. The number of hydrogen-bond donors (Lipinski definition) is 3. The summed E-state index contributed by atoms with van der Waals surface area (Å²) >= 11 is 0. The summed E-state index contributed by atoms with van der Waals surface area (Å²) in [5, 5.41) is 2.76. The van der Waals surface area contributed by atoms with Crippen molar-refractivity contribution < 1.29 is 23.8 Å². The van der Waals surface area contributed by atoms with Gasteiger partial charge in [-0.3, -0.25) is 9.59 Å². The number of likely N-dealkylation sites (tertiary alicyclic amines) is 1. The van der Waals surface area contributed by atoms with Gasteiger partial charge in [0.05, 0.1) is 39.3 Å². The maximum atomic E-state index is 13.2. The van der Waals surface area contributed by atoms with Crippen LogP contribution in [0.5, 0.6) is 0 Å². The summed E-state index contributed by atoms with van der Waals surface area (Å²) in [5.74, 6) is 1.52. The van der Waals surface area contributed by atoms with Gasteiger partial charge in [0.15, 0.2) is 13.1 Å². The number of quaternary nitrogens is 2. The summed E-state index contributed by atoms with van der Waals surface area (Å²) in [5.41, 5.74) is 0.484. The number of piperazine rings is 1. The van der Waals surface area contributed by atoms with Crippen LogP contribution in [0.2, 0.25) is 0 Å². The van der Waals surface area contributed by atoms with Gasteiger partial charge in [-0.25, -0.2) is 4.39 Å². The summed E-state index contributed by atoms with van der Waals surface area (Å²) in [6, 6.07) is 5.95. The molecule has 4 rings (SSSR count). The molecule has 1 unspecified atom stereocenters. The highest BCUT2D eigenvalue weighted by molar-refractivity contribution is 5.91. The molecule has 164 valence electrons. The van der Waals surface area contributed by atoms with Crippen molar-refractivity contribution >= 4 is 17.5 Å². The fraction of sp³-hybridized carbons (Fsp3) is 0.652. The molecule has 3 fully saturated rings. The Morgan fingerprint density at radius 2 is 1.77 bits per heavy atom. The van der Waals surface area contributed by atoms with Gasteiger partial charge in [0.25, 0.3) is 11.8 Å². The monoisotopic (exact) mass is 418 g/mol. The normalized spacial score (nSPS) is 27.4. The lowest BCUT2D eigenvalue weighted by atomic mass is 9.75. The van der Waals surface area contributed by atoms with E-state index < -0.39 is 0 Å². The molecule has 2 saturated heterocycles. The van der Waals surface area contributed by atoms with Crippen molar-refractivity contribution in [2.75, 3.05) is 57.7 Å². The van der Waals surface area contributed by atoms with Crippen molar-refractivity contribution in [3.63, 3.8) is 0 Å². The molecule has 2 amide bonds. The molecule has 3 atom stereocenters. The first-order valence-electron chi connectivity index (χ1n) is 11.6. The molecule has 3 N–H and O–H groups in total. The maximum absolute atomic E-state index is 13.2. The molecule has 7 heteroatoms.